The number of nitrogens with one attached hydrogen (secondary N) is 1. The summed E-state index contributed by atoms with van der Waals surface area (Å²) in [5.74, 6) is 0. The number of aromatic nitrogens is 2. The highest BCUT2D eigenvalue weighted by Gasteiger charge is 2.30. The summed E-state index contributed by atoms with van der Waals surface area (Å²) in [7, 11) is 0. The first-order valence-corrected chi connectivity index (χ1v) is 6.47. The van der Waals surface area contributed by atoms with Crippen LogP contribution in [0.2, 0.25) is 0 Å². The molecule has 0 radical (unpaired) electrons. The van der Waals surface area contributed by atoms with Gasteiger partial charge in [0.1, 0.15) is 5.52 Å². The van der Waals surface area contributed by atoms with Crippen molar-refractivity contribution in [3.05, 3.63) is 48.0 Å². The van der Waals surface area contributed by atoms with E-state index in [4.69, 9.17) is 0 Å². The van der Waals surface area contributed by atoms with Crippen molar-refractivity contribution in [3.8, 4) is 0 Å². The van der Waals surface area contributed by atoms with Crippen LogP contribution >= 0.6 is 11.5 Å². The Hall–Kier alpha value is -2.15. The minimum absolute atomic E-state index is 0.376. The van der Waals surface area contributed by atoms with E-state index in [1.165, 1.54) is 17.6 Å². The normalized spacial score (nSPS) is 11.8. The summed E-state index contributed by atoms with van der Waals surface area (Å²) in [6.45, 7) is 0. The first kappa shape index (κ1) is 12.9. The van der Waals surface area contributed by atoms with Crippen LogP contribution in [0.1, 0.15) is 5.56 Å². The van der Waals surface area contributed by atoms with Crippen molar-refractivity contribution in [2.75, 3.05) is 5.32 Å². The number of rotatable bonds is 2. The average Bonchev–Trinajstić information content (AvgIpc) is 2.87. The monoisotopic (exact) mass is 295 g/mol. The molecule has 1 heterocycles. The molecule has 0 aliphatic heterocycles. The van der Waals surface area contributed by atoms with Crippen LogP contribution < -0.4 is 5.32 Å². The van der Waals surface area contributed by atoms with Gasteiger partial charge in [-0.3, -0.25) is 0 Å². The fraction of sp³-hybridized carbons (Fsp3) is 0.0769. The maximum atomic E-state index is 12.7. The van der Waals surface area contributed by atoms with Gasteiger partial charge >= 0.3 is 6.18 Å². The predicted molar refractivity (Wildman–Crippen MR) is 72.1 cm³/mol. The molecule has 0 saturated carbocycles. The van der Waals surface area contributed by atoms with Gasteiger partial charge in [0.15, 0.2) is 0 Å². The molecule has 3 nitrogen and oxygen atoms in total. The predicted octanol–water partition coefficient (Wildman–Crippen LogP) is 4.45. The summed E-state index contributed by atoms with van der Waals surface area (Å²) < 4.78 is 42.6. The molecule has 0 fully saturated rings. The van der Waals surface area contributed by atoms with Crippen LogP contribution in [0.25, 0.3) is 10.2 Å². The highest BCUT2D eigenvalue weighted by Crippen LogP contribution is 2.33. The van der Waals surface area contributed by atoms with Crippen LogP contribution in [0, 0.1) is 0 Å². The second-order valence-electron chi connectivity index (χ2n) is 4.13. The Morgan fingerprint density at radius 3 is 2.65 bits per heavy atom. The Balaban J connectivity index is 1.97. The summed E-state index contributed by atoms with van der Waals surface area (Å²) in [6, 6.07) is 10.4. The molecule has 20 heavy (non-hydrogen) atoms. The van der Waals surface area contributed by atoms with E-state index in [1.807, 2.05) is 0 Å². The number of fused-ring (bicyclic) bond motifs is 1. The van der Waals surface area contributed by atoms with Crippen molar-refractivity contribution < 1.29 is 13.2 Å². The molecule has 0 saturated heterocycles. The number of benzene rings is 2. The van der Waals surface area contributed by atoms with Gasteiger partial charge in [0, 0.05) is 5.69 Å². The summed E-state index contributed by atoms with van der Waals surface area (Å²) in [4.78, 5) is 0. The number of nitrogens with zero attached hydrogens (tertiary/aromatic N) is 2. The van der Waals surface area contributed by atoms with Crippen molar-refractivity contribution in [1.82, 2.24) is 9.59 Å². The average molecular weight is 295 g/mol. The highest BCUT2D eigenvalue weighted by atomic mass is 32.1. The lowest BCUT2D eigenvalue weighted by Gasteiger charge is -2.10. The summed E-state index contributed by atoms with van der Waals surface area (Å²) in [6.07, 6.45) is -4.35. The van der Waals surface area contributed by atoms with Crippen LogP contribution in [0.15, 0.2) is 42.5 Å². The maximum Gasteiger partial charge on any atom is 0.416 e. The van der Waals surface area contributed by atoms with Gasteiger partial charge in [0.25, 0.3) is 0 Å². The van der Waals surface area contributed by atoms with Gasteiger partial charge in [0.05, 0.1) is 16.0 Å². The molecule has 0 bridgehead atoms. The Bertz CT molecular complexity index is 752. The zero-order valence-corrected chi connectivity index (χ0v) is 10.8. The molecular formula is C13H8F3N3S. The topological polar surface area (TPSA) is 37.8 Å². The molecule has 102 valence electrons. The van der Waals surface area contributed by atoms with E-state index in [0.717, 1.165) is 16.8 Å². The van der Waals surface area contributed by atoms with Crippen molar-refractivity contribution in [2.45, 2.75) is 6.18 Å². The highest BCUT2D eigenvalue weighted by molar-refractivity contribution is 7.13. The second-order valence-corrected chi connectivity index (χ2v) is 4.88. The van der Waals surface area contributed by atoms with Crippen molar-refractivity contribution in [2.24, 2.45) is 0 Å². The minimum atomic E-state index is -4.35. The van der Waals surface area contributed by atoms with Crippen LogP contribution in [0.5, 0.6) is 0 Å². The number of halogens is 3. The first-order chi connectivity index (χ1) is 9.54. The minimum Gasteiger partial charge on any atom is -0.354 e. The van der Waals surface area contributed by atoms with Crippen LogP contribution in [-0.2, 0) is 6.18 Å². The molecule has 0 aliphatic rings. The number of hydrogen-bond acceptors (Lipinski definition) is 4. The second kappa shape index (κ2) is 4.75. The molecule has 0 unspecified atom stereocenters. The van der Waals surface area contributed by atoms with E-state index >= 15 is 0 Å². The van der Waals surface area contributed by atoms with E-state index in [9.17, 15) is 13.2 Å². The maximum absolute atomic E-state index is 12.7. The Morgan fingerprint density at radius 2 is 1.85 bits per heavy atom. The quantitative estimate of drug-likeness (QED) is 0.758. The molecule has 0 amide bonds. The van der Waals surface area contributed by atoms with Gasteiger partial charge in [-0.15, -0.1) is 5.10 Å². The third-order valence-corrected chi connectivity index (χ3v) is 3.52. The fourth-order valence-corrected chi connectivity index (χ4v) is 2.46. The van der Waals surface area contributed by atoms with Gasteiger partial charge in [-0.25, -0.2) is 0 Å². The Labute approximate surface area is 116 Å². The summed E-state index contributed by atoms with van der Waals surface area (Å²) in [5, 5.41) is 6.90. The summed E-state index contributed by atoms with van der Waals surface area (Å²) >= 11 is 1.20. The zero-order chi connectivity index (χ0) is 14.2. The Kier molecular flexibility index (Phi) is 3.06. The molecular weight excluding hydrogens is 287 g/mol. The van der Waals surface area contributed by atoms with Gasteiger partial charge < -0.3 is 5.32 Å². The first-order valence-electron chi connectivity index (χ1n) is 5.69. The molecule has 0 atom stereocenters. The molecule has 2 aromatic carbocycles. The lowest BCUT2D eigenvalue weighted by atomic mass is 10.2. The lowest BCUT2D eigenvalue weighted by Crippen LogP contribution is -2.05. The van der Waals surface area contributed by atoms with Gasteiger partial charge in [-0.05, 0) is 41.9 Å². The molecule has 3 aromatic rings. The Morgan fingerprint density at radius 1 is 1.05 bits per heavy atom. The fourth-order valence-electron chi connectivity index (χ4n) is 1.83. The molecule has 3 rings (SSSR count). The van der Waals surface area contributed by atoms with Gasteiger partial charge in [-0.1, -0.05) is 16.6 Å². The van der Waals surface area contributed by atoms with Gasteiger partial charge in [-0.2, -0.15) is 13.2 Å². The molecule has 0 spiro atoms. The van der Waals surface area contributed by atoms with Crippen molar-refractivity contribution in [3.63, 3.8) is 0 Å². The molecule has 7 heteroatoms. The zero-order valence-electron chi connectivity index (χ0n) is 9.98. The van der Waals surface area contributed by atoms with Crippen LogP contribution in [0.3, 0.4) is 0 Å². The molecule has 1 aromatic heterocycles. The number of anilines is 2. The SMILES string of the molecule is FC(F)(F)c1cccc(Nc2cccc3nnsc23)c1. The smallest absolute Gasteiger partial charge is 0.354 e. The number of hydrogen-bond donors (Lipinski definition) is 1. The van der Waals surface area contributed by atoms with E-state index in [0.29, 0.717) is 16.9 Å². The third kappa shape index (κ3) is 2.44. The lowest BCUT2D eigenvalue weighted by molar-refractivity contribution is -0.137. The van der Waals surface area contributed by atoms with E-state index in [2.05, 4.69) is 14.9 Å². The van der Waals surface area contributed by atoms with Gasteiger partial charge in [0.2, 0.25) is 0 Å². The van der Waals surface area contributed by atoms with Crippen molar-refractivity contribution in [1.29, 1.82) is 0 Å². The van der Waals surface area contributed by atoms with E-state index in [1.54, 1.807) is 24.3 Å². The van der Waals surface area contributed by atoms with E-state index < -0.39 is 11.7 Å². The largest absolute Gasteiger partial charge is 0.416 e. The van der Waals surface area contributed by atoms with E-state index in [-0.39, 0.29) is 0 Å². The molecule has 0 aliphatic carbocycles. The summed E-state index contributed by atoms with van der Waals surface area (Å²) in [5.41, 5.74) is 1.10. The van der Waals surface area contributed by atoms with Crippen molar-refractivity contribution >= 4 is 33.1 Å². The standard InChI is InChI=1S/C13H8F3N3S/c14-13(15,16)8-3-1-4-9(7-8)17-10-5-2-6-11-12(10)20-19-18-11/h1-7,17H. The van der Waals surface area contributed by atoms with Crippen LogP contribution in [0.4, 0.5) is 24.5 Å². The number of alkyl halides is 3. The third-order valence-electron chi connectivity index (χ3n) is 2.74. The van der Waals surface area contributed by atoms with Crippen LogP contribution in [-0.4, -0.2) is 9.59 Å². The molecule has 1 N–H and O–H groups in total.